The Morgan fingerprint density at radius 1 is 0.950 bits per heavy atom. The number of hydrogen-bond acceptors (Lipinski definition) is 5. The van der Waals surface area contributed by atoms with Crippen molar-refractivity contribution in [2.75, 3.05) is 52.6 Å². The predicted molar refractivity (Wildman–Crippen MR) is 81.3 cm³/mol. The van der Waals surface area contributed by atoms with Gasteiger partial charge in [0.05, 0.1) is 32.6 Å². The van der Waals surface area contributed by atoms with Crippen LogP contribution in [0.2, 0.25) is 0 Å². The molecule has 112 valence electrons. The molecule has 2 aliphatic rings. The van der Waals surface area contributed by atoms with Crippen molar-refractivity contribution in [2.24, 2.45) is 0 Å². The standard InChI is InChI=1S/C15H24N2O2S/c1-12-11-13(2)20-14(12)15(16-3-7-18-8-4-16)17-5-9-19-10-6-17/h11,15H,3-10H2,1-2H3. The first kappa shape index (κ1) is 14.5. The van der Waals surface area contributed by atoms with Crippen molar-refractivity contribution in [1.29, 1.82) is 0 Å². The smallest absolute Gasteiger partial charge is 0.0986 e. The fraction of sp³-hybridized carbons (Fsp3) is 0.733. The summed E-state index contributed by atoms with van der Waals surface area (Å²) in [5, 5.41) is 0. The molecule has 4 nitrogen and oxygen atoms in total. The van der Waals surface area contributed by atoms with E-state index in [2.05, 4.69) is 29.7 Å². The third-order valence-electron chi connectivity index (χ3n) is 4.10. The zero-order valence-electron chi connectivity index (χ0n) is 12.4. The molecule has 0 aliphatic carbocycles. The molecule has 3 heterocycles. The highest BCUT2D eigenvalue weighted by atomic mass is 32.1. The van der Waals surface area contributed by atoms with Gasteiger partial charge < -0.3 is 9.47 Å². The van der Waals surface area contributed by atoms with Crippen LogP contribution < -0.4 is 0 Å². The number of nitrogens with zero attached hydrogens (tertiary/aromatic N) is 2. The summed E-state index contributed by atoms with van der Waals surface area (Å²) >= 11 is 1.94. The lowest BCUT2D eigenvalue weighted by molar-refractivity contribution is -0.0665. The van der Waals surface area contributed by atoms with Crippen LogP contribution in [0.25, 0.3) is 0 Å². The van der Waals surface area contributed by atoms with Crippen molar-refractivity contribution >= 4 is 11.3 Å². The van der Waals surface area contributed by atoms with Crippen LogP contribution in [0.15, 0.2) is 6.07 Å². The van der Waals surface area contributed by atoms with Crippen LogP contribution in [0.3, 0.4) is 0 Å². The second kappa shape index (κ2) is 6.54. The molecule has 2 saturated heterocycles. The first-order chi connectivity index (χ1) is 9.75. The van der Waals surface area contributed by atoms with Crippen molar-refractivity contribution in [3.05, 3.63) is 21.4 Å². The maximum atomic E-state index is 5.53. The molecule has 0 radical (unpaired) electrons. The first-order valence-electron chi connectivity index (χ1n) is 7.46. The summed E-state index contributed by atoms with van der Waals surface area (Å²) in [6.07, 6.45) is 0.404. The average molecular weight is 296 g/mol. The minimum Gasteiger partial charge on any atom is -0.379 e. The van der Waals surface area contributed by atoms with Gasteiger partial charge in [-0.3, -0.25) is 9.80 Å². The van der Waals surface area contributed by atoms with Crippen LogP contribution in [0.4, 0.5) is 0 Å². The molecule has 0 saturated carbocycles. The lowest BCUT2D eigenvalue weighted by atomic mass is 10.2. The van der Waals surface area contributed by atoms with E-state index in [1.165, 1.54) is 15.3 Å². The molecule has 1 aromatic heterocycles. The summed E-state index contributed by atoms with van der Waals surface area (Å²) in [6.45, 7) is 12.0. The van der Waals surface area contributed by atoms with E-state index in [9.17, 15) is 0 Å². The lowest BCUT2D eigenvalue weighted by Crippen LogP contribution is -2.50. The third kappa shape index (κ3) is 3.07. The van der Waals surface area contributed by atoms with Crippen LogP contribution in [0.5, 0.6) is 0 Å². The quantitative estimate of drug-likeness (QED) is 0.852. The highest BCUT2D eigenvalue weighted by molar-refractivity contribution is 7.12. The summed E-state index contributed by atoms with van der Waals surface area (Å²) < 4.78 is 11.1. The molecule has 1 aromatic rings. The molecule has 20 heavy (non-hydrogen) atoms. The third-order valence-corrected chi connectivity index (χ3v) is 5.29. The lowest BCUT2D eigenvalue weighted by Gasteiger charge is -2.42. The van der Waals surface area contributed by atoms with E-state index in [4.69, 9.17) is 9.47 Å². The summed E-state index contributed by atoms with van der Waals surface area (Å²) in [7, 11) is 0. The van der Waals surface area contributed by atoms with Gasteiger partial charge >= 0.3 is 0 Å². The highest BCUT2D eigenvalue weighted by Crippen LogP contribution is 2.34. The number of hydrogen-bond donors (Lipinski definition) is 0. The van der Waals surface area contributed by atoms with Gasteiger partial charge in [0.1, 0.15) is 0 Å². The van der Waals surface area contributed by atoms with Gasteiger partial charge in [0, 0.05) is 35.9 Å². The summed E-state index contributed by atoms with van der Waals surface area (Å²) in [5.41, 5.74) is 1.43. The number of ether oxygens (including phenoxy) is 2. The Hall–Kier alpha value is -0.460. The van der Waals surface area contributed by atoms with Crippen molar-refractivity contribution < 1.29 is 9.47 Å². The van der Waals surface area contributed by atoms with Crippen LogP contribution in [0.1, 0.15) is 21.5 Å². The zero-order valence-corrected chi connectivity index (χ0v) is 13.2. The van der Waals surface area contributed by atoms with Crippen LogP contribution in [-0.4, -0.2) is 62.4 Å². The normalized spacial score (nSPS) is 22.6. The topological polar surface area (TPSA) is 24.9 Å². The van der Waals surface area contributed by atoms with Crippen molar-refractivity contribution in [3.8, 4) is 0 Å². The minimum atomic E-state index is 0.404. The maximum absolute atomic E-state index is 5.53. The molecule has 0 unspecified atom stereocenters. The monoisotopic (exact) mass is 296 g/mol. The second-order valence-electron chi connectivity index (χ2n) is 5.57. The molecule has 2 aliphatic heterocycles. The fourth-order valence-electron chi connectivity index (χ4n) is 3.12. The summed E-state index contributed by atoms with van der Waals surface area (Å²) in [4.78, 5) is 8.07. The van der Waals surface area contributed by atoms with Gasteiger partial charge in [0.25, 0.3) is 0 Å². The van der Waals surface area contributed by atoms with Gasteiger partial charge in [-0.15, -0.1) is 11.3 Å². The summed E-state index contributed by atoms with van der Waals surface area (Å²) in [6, 6.07) is 2.31. The Labute approximate surface area is 125 Å². The molecular formula is C15H24N2O2S. The molecule has 0 atom stereocenters. The van der Waals surface area contributed by atoms with E-state index in [0.29, 0.717) is 6.17 Å². The first-order valence-corrected chi connectivity index (χ1v) is 8.28. The van der Waals surface area contributed by atoms with E-state index < -0.39 is 0 Å². The number of thiophene rings is 1. The molecule has 2 fully saturated rings. The molecule has 0 amide bonds. The van der Waals surface area contributed by atoms with Crippen molar-refractivity contribution in [2.45, 2.75) is 20.0 Å². The van der Waals surface area contributed by atoms with Gasteiger partial charge in [-0.2, -0.15) is 0 Å². The molecule has 0 aromatic carbocycles. The Morgan fingerprint density at radius 2 is 1.45 bits per heavy atom. The van der Waals surface area contributed by atoms with Gasteiger partial charge in [-0.25, -0.2) is 0 Å². The minimum absolute atomic E-state index is 0.404. The average Bonchev–Trinajstić information content (AvgIpc) is 2.80. The molecule has 0 spiro atoms. The van der Waals surface area contributed by atoms with Crippen LogP contribution >= 0.6 is 11.3 Å². The van der Waals surface area contributed by atoms with Gasteiger partial charge in [-0.1, -0.05) is 0 Å². The second-order valence-corrected chi connectivity index (χ2v) is 6.86. The van der Waals surface area contributed by atoms with E-state index >= 15 is 0 Å². The van der Waals surface area contributed by atoms with Gasteiger partial charge in [-0.05, 0) is 25.5 Å². The molecule has 5 heteroatoms. The SMILES string of the molecule is Cc1cc(C)c(C(N2CCOCC2)N2CCOCC2)s1. The Balaban J connectivity index is 1.87. The summed E-state index contributed by atoms with van der Waals surface area (Å²) in [5.74, 6) is 0. The highest BCUT2D eigenvalue weighted by Gasteiger charge is 2.31. The van der Waals surface area contributed by atoms with Gasteiger partial charge in [0.2, 0.25) is 0 Å². The van der Waals surface area contributed by atoms with Crippen molar-refractivity contribution in [1.82, 2.24) is 9.80 Å². The van der Waals surface area contributed by atoms with E-state index in [-0.39, 0.29) is 0 Å². The molecular weight excluding hydrogens is 272 g/mol. The zero-order chi connectivity index (χ0) is 13.9. The predicted octanol–water partition coefficient (Wildman–Crippen LogP) is 2.03. The number of morpholine rings is 2. The number of rotatable bonds is 3. The van der Waals surface area contributed by atoms with E-state index in [0.717, 1.165) is 52.6 Å². The Bertz CT molecular complexity index is 419. The van der Waals surface area contributed by atoms with E-state index in [1.54, 1.807) is 0 Å². The van der Waals surface area contributed by atoms with E-state index in [1.807, 2.05) is 11.3 Å². The largest absolute Gasteiger partial charge is 0.379 e. The van der Waals surface area contributed by atoms with Gasteiger partial charge in [0.15, 0.2) is 0 Å². The molecule has 0 N–H and O–H groups in total. The van der Waals surface area contributed by atoms with Crippen LogP contribution in [-0.2, 0) is 9.47 Å². The number of aryl methyl sites for hydroxylation is 2. The Morgan fingerprint density at radius 3 is 1.85 bits per heavy atom. The fourth-order valence-corrected chi connectivity index (χ4v) is 4.33. The Kier molecular flexibility index (Phi) is 4.73. The molecule has 0 bridgehead atoms. The maximum Gasteiger partial charge on any atom is 0.0986 e. The molecule has 3 rings (SSSR count). The van der Waals surface area contributed by atoms with Crippen LogP contribution in [0, 0.1) is 13.8 Å². The van der Waals surface area contributed by atoms with Crippen molar-refractivity contribution in [3.63, 3.8) is 0 Å².